The third kappa shape index (κ3) is 1.57. The molecular formula is C12H11NO2. The predicted molar refractivity (Wildman–Crippen MR) is 58.4 cm³/mol. The number of aliphatic hydroxyl groups is 1. The van der Waals surface area contributed by atoms with Crippen LogP contribution in [0.4, 0.5) is 0 Å². The van der Waals surface area contributed by atoms with E-state index in [1.165, 1.54) is 0 Å². The maximum atomic E-state index is 11.2. The number of primary amides is 1. The molecule has 0 spiro atoms. The Labute approximate surface area is 87.1 Å². The van der Waals surface area contributed by atoms with Gasteiger partial charge in [-0.1, -0.05) is 30.3 Å². The van der Waals surface area contributed by atoms with E-state index in [-0.39, 0.29) is 6.61 Å². The summed E-state index contributed by atoms with van der Waals surface area (Å²) in [5.74, 6) is -0.448. The van der Waals surface area contributed by atoms with Gasteiger partial charge >= 0.3 is 0 Å². The first-order valence-electron chi connectivity index (χ1n) is 4.65. The number of rotatable bonds is 2. The van der Waals surface area contributed by atoms with Crippen LogP contribution in [0.5, 0.6) is 0 Å². The Morgan fingerprint density at radius 2 is 1.80 bits per heavy atom. The highest BCUT2D eigenvalue weighted by Crippen LogP contribution is 2.22. The van der Waals surface area contributed by atoms with Crippen molar-refractivity contribution in [2.45, 2.75) is 6.61 Å². The van der Waals surface area contributed by atoms with Gasteiger partial charge in [-0.2, -0.15) is 0 Å². The van der Waals surface area contributed by atoms with Gasteiger partial charge in [-0.15, -0.1) is 0 Å². The molecule has 0 saturated heterocycles. The Bertz CT molecular complexity index is 520. The first-order chi connectivity index (χ1) is 7.24. The number of nitrogens with two attached hydrogens (primary N) is 1. The molecule has 0 unspecified atom stereocenters. The SMILES string of the molecule is NC(=O)c1ccc(CO)c2ccccc12. The quantitative estimate of drug-likeness (QED) is 0.772. The fraction of sp³-hybridized carbons (Fsp3) is 0.0833. The van der Waals surface area contributed by atoms with E-state index in [2.05, 4.69) is 0 Å². The molecule has 2 rings (SSSR count). The molecule has 0 fully saturated rings. The zero-order valence-electron chi connectivity index (χ0n) is 8.10. The summed E-state index contributed by atoms with van der Waals surface area (Å²) in [5, 5.41) is 10.8. The minimum atomic E-state index is -0.448. The number of aliphatic hydroxyl groups excluding tert-OH is 1. The molecule has 0 saturated carbocycles. The van der Waals surface area contributed by atoms with Crippen LogP contribution in [-0.2, 0) is 6.61 Å². The molecule has 0 atom stereocenters. The van der Waals surface area contributed by atoms with Gasteiger partial charge in [-0.25, -0.2) is 0 Å². The molecular weight excluding hydrogens is 190 g/mol. The first kappa shape index (κ1) is 9.68. The molecule has 2 aromatic carbocycles. The first-order valence-corrected chi connectivity index (χ1v) is 4.65. The van der Waals surface area contributed by atoms with Crippen LogP contribution in [0.2, 0.25) is 0 Å². The Kier molecular flexibility index (Phi) is 2.39. The van der Waals surface area contributed by atoms with Crippen molar-refractivity contribution in [2.24, 2.45) is 5.73 Å². The highest BCUT2D eigenvalue weighted by atomic mass is 16.3. The van der Waals surface area contributed by atoms with Gasteiger partial charge in [-0.05, 0) is 22.4 Å². The van der Waals surface area contributed by atoms with Crippen LogP contribution in [0.1, 0.15) is 15.9 Å². The smallest absolute Gasteiger partial charge is 0.249 e. The van der Waals surface area contributed by atoms with E-state index in [1.807, 2.05) is 24.3 Å². The fourth-order valence-corrected chi connectivity index (χ4v) is 1.71. The number of benzene rings is 2. The van der Waals surface area contributed by atoms with Gasteiger partial charge in [0.2, 0.25) is 5.91 Å². The number of hydrogen-bond donors (Lipinski definition) is 2. The molecule has 3 heteroatoms. The molecule has 0 aliphatic rings. The summed E-state index contributed by atoms with van der Waals surface area (Å²) in [7, 11) is 0. The minimum Gasteiger partial charge on any atom is -0.392 e. The summed E-state index contributed by atoms with van der Waals surface area (Å²) >= 11 is 0. The topological polar surface area (TPSA) is 63.3 Å². The van der Waals surface area contributed by atoms with Gasteiger partial charge < -0.3 is 10.8 Å². The van der Waals surface area contributed by atoms with Gasteiger partial charge in [0, 0.05) is 5.56 Å². The van der Waals surface area contributed by atoms with Crippen LogP contribution < -0.4 is 5.73 Å². The molecule has 76 valence electrons. The fourth-order valence-electron chi connectivity index (χ4n) is 1.71. The van der Waals surface area contributed by atoms with Crippen molar-refractivity contribution in [3.63, 3.8) is 0 Å². The second-order valence-corrected chi connectivity index (χ2v) is 3.34. The van der Waals surface area contributed by atoms with Crippen LogP contribution in [-0.4, -0.2) is 11.0 Å². The van der Waals surface area contributed by atoms with Crippen molar-refractivity contribution in [1.82, 2.24) is 0 Å². The second kappa shape index (κ2) is 3.71. The van der Waals surface area contributed by atoms with Crippen molar-refractivity contribution < 1.29 is 9.90 Å². The maximum Gasteiger partial charge on any atom is 0.249 e. The summed E-state index contributed by atoms with van der Waals surface area (Å²) in [4.78, 5) is 11.2. The Morgan fingerprint density at radius 3 is 2.40 bits per heavy atom. The standard InChI is InChI=1S/C12H11NO2/c13-12(15)11-6-5-8(7-14)9-3-1-2-4-10(9)11/h1-6,14H,7H2,(H2,13,15). The summed E-state index contributed by atoms with van der Waals surface area (Å²) in [6, 6.07) is 10.8. The van der Waals surface area contributed by atoms with Gasteiger partial charge in [0.05, 0.1) is 6.61 Å². The normalized spacial score (nSPS) is 10.5. The summed E-state index contributed by atoms with van der Waals surface area (Å²) < 4.78 is 0. The number of hydrogen-bond acceptors (Lipinski definition) is 2. The van der Waals surface area contributed by atoms with Crippen molar-refractivity contribution in [3.8, 4) is 0 Å². The molecule has 0 bridgehead atoms. The zero-order valence-corrected chi connectivity index (χ0v) is 8.10. The number of carbonyl (C=O) groups is 1. The zero-order chi connectivity index (χ0) is 10.8. The molecule has 0 aromatic heterocycles. The highest BCUT2D eigenvalue weighted by Gasteiger charge is 2.08. The lowest BCUT2D eigenvalue weighted by Crippen LogP contribution is -2.11. The molecule has 3 N–H and O–H groups in total. The van der Waals surface area contributed by atoms with E-state index in [0.29, 0.717) is 5.56 Å². The maximum absolute atomic E-state index is 11.2. The Balaban J connectivity index is 2.83. The lowest BCUT2D eigenvalue weighted by molar-refractivity contribution is 0.100. The average molecular weight is 201 g/mol. The van der Waals surface area contributed by atoms with Crippen LogP contribution in [0.3, 0.4) is 0 Å². The molecule has 15 heavy (non-hydrogen) atoms. The number of carbonyl (C=O) groups excluding carboxylic acids is 1. The van der Waals surface area contributed by atoms with Gasteiger partial charge in [0.15, 0.2) is 0 Å². The molecule has 0 heterocycles. The number of fused-ring (bicyclic) bond motifs is 1. The summed E-state index contributed by atoms with van der Waals surface area (Å²) in [5.41, 5.74) is 6.56. The average Bonchev–Trinajstić information content (AvgIpc) is 2.27. The van der Waals surface area contributed by atoms with E-state index >= 15 is 0 Å². The molecule has 1 amide bonds. The monoisotopic (exact) mass is 201 g/mol. The van der Waals surface area contributed by atoms with Crippen molar-refractivity contribution in [2.75, 3.05) is 0 Å². The van der Waals surface area contributed by atoms with Gasteiger partial charge in [-0.3, -0.25) is 4.79 Å². The lowest BCUT2D eigenvalue weighted by atomic mass is 9.99. The third-order valence-electron chi connectivity index (χ3n) is 2.45. The van der Waals surface area contributed by atoms with Crippen molar-refractivity contribution in [3.05, 3.63) is 47.5 Å². The summed E-state index contributed by atoms with van der Waals surface area (Å²) in [6.45, 7) is -0.0421. The van der Waals surface area contributed by atoms with Crippen LogP contribution >= 0.6 is 0 Å². The molecule has 0 radical (unpaired) electrons. The third-order valence-corrected chi connectivity index (χ3v) is 2.45. The molecule has 3 nitrogen and oxygen atoms in total. The van der Waals surface area contributed by atoms with Crippen molar-refractivity contribution in [1.29, 1.82) is 0 Å². The highest BCUT2D eigenvalue weighted by molar-refractivity contribution is 6.07. The van der Waals surface area contributed by atoms with Gasteiger partial charge in [0.1, 0.15) is 0 Å². The molecule has 0 aliphatic carbocycles. The number of amides is 1. The predicted octanol–water partition coefficient (Wildman–Crippen LogP) is 1.43. The van der Waals surface area contributed by atoms with E-state index < -0.39 is 5.91 Å². The Morgan fingerprint density at radius 1 is 1.13 bits per heavy atom. The van der Waals surface area contributed by atoms with E-state index in [0.717, 1.165) is 16.3 Å². The van der Waals surface area contributed by atoms with Crippen LogP contribution in [0.15, 0.2) is 36.4 Å². The molecule has 2 aromatic rings. The van der Waals surface area contributed by atoms with Crippen molar-refractivity contribution >= 4 is 16.7 Å². The van der Waals surface area contributed by atoms with Crippen LogP contribution in [0, 0.1) is 0 Å². The second-order valence-electron chi connectivity index (χ2n) is 3.34. The van der Waals surface area contributed by atoms with E-state index in [4.69, 9.17) is 10.8 Å². The Hall–Kier alpha value is -1.87. The van der Waals surface area contributed by atoms with Crippen LogP contribution in [0.25, 0.3) is 10.8 Å². The van der Waals surface area contributed by atoms with Gasteiger partial charge in [0.25, 0.3) is 0 Å². The van der Waals surface area contributed by atoms with E-state index in [1.54, 1.807) is 12.1 Å². The van der Waals surface area contributed by atoms with E-state index in [9.17, 15) is 4.79 Å². The summed E-state index contributed by atoms with van der Waals surface area (Å²) in [6.07, 6.45) is 0. The lowest BCUT2D eigenvalue weighted by Gasteiger charge is -2.06. The largest absolute Gasteiger partial charge is 0.392 e. The minimum absolute atomic E-state index is 0.0421. The molecule has 0 aliphatic heterocycles.